The Kier molecular flexibility index (Phi) is 5.15. The van der Waals surface area contributed by atoms with E-state index in [1.165, 1.54) is 6.42 Å². The zero-order chi connectivity index (χ0) is 16.9. The molecule has 0 radical (unpaired) electrons. The van der Waals surface area contributed by atoms with Crippen molar-refractivity contribution >= 4 is 5.91 Å². The lowest BCUT2D eigenvalue weighted by molar-refractivity contribution is 0.0936. The summed E-state index contributed by atoms with van der Waals surface area (Å²) in [7, 11) is 1.63. The van der Waals surface area contributed by atoms with Crippen LogP contribution in [0.25, 0.3) is 11.3 Å². The highest BCUT2D eigenvalue weighted by Crippen LogP contribution is 2.28. The molecule has 0 saturated carbocycles. The third-order valence-electron chi connectivity index (χ3n) is 4.61. The number of likely N-dealkylation sites (tertiary alicyclic amines) is 1. The van der Waals surface area contributed by atoms with Crippen molar-refractivity contribution in [3.8, 4) is 17.0 Å². The lowest BCUT2D eigenvalue weighted by Crippen LogP contribution is -2.40. The first-order chi connectivity index (χ1) is 11.7. The highest BCUT2D eigenvalue weighted by atomic mass is 16.5. The monoisotopic (exact) mass is 328 g/mol. The first-order valence-electron chi connectivity index (χ1n) is 8.44. The molecule has 1 saturated heterocycles. The van der Waals surface area contributed by atoms with Crippen LogP contribution in [0.4, 0.5) is 0 Å². The van der Waals surface area contributed by atoms with Gasteiger partial charge in [0.15, 0.2) is 0 Å². The number of carbonyl (C=O) groups excluding carboxylic acids is 1. The van der Waals surface area contributed by atoms with E-state index in [-0.39, 0.29) is 5.91 Å². The maximum Gasteiger partial charge on any atom is 0.269 e. The van der Waals surface area contributed by atoms with Crippen molar-refractivity contribution in [3.05, 3.63) is 36.0 Å². The normalized spacial score (nSPS) is 17.8. The summed E-state index contributed by atoms with van der Waals surface area (Å²) in [6, 6.07) is 9.84. The summed E-state index contributed by atoms with van der Waals surface area (Å²) in [4.78, 5) is 14.8. The van der Waals surface area contributed by atoms with Gasteiger partial charge in [0.1, 0.15) is 11.4 Å². The molecule has 1 fully saturated rings. The number of para-hydroxylation sites is 1. The van der Waals surface area contributed by atoms with Crippen LogP contribution >= 0.6 is 0 Å². The fraction of sp³-hybridized carbons (Fsp3) is 0.444. The second-order valence-corrected chi connectivity index (χ2v) is 6.00. The molecular weight excluding hydrogens is 304 g/mol. The SMILES string of the molecule is CCN1CCCC1CNC(=O)c1cc(-c2ccccc2OC)n[nH]1. The Bertz CT molecular complexity index is 698. The van der Waals surface area contributed by atoms with Crippen LogP contribution in [0.2, 0.25) is 0 Å². The predicted octanol–water partition coefficient (Wildman–Crippen LogP) is 2.30. The maximum absolute atomic E-state index is 12.4. The molecule has 1 unspecified atom stereocenters. The second kappa shape index (κ2) is 7.49. The number of amides is 1. The van der Waals surface area contributed by atoms with Gasteiger partial charge in [0, 0.05) is 18.2 Å². The van der Waals surface area contributed by atoms with Crippen molar-refractivity contribution in [3.63, 3.8) is 0 Å². The van der Waals surface area contributed by atoms with Crippen molar-refractivity contribution in [1.82, 2.24) is 20.4 Å². The number of nitrogens with zero attached hydrogens (tertiary/aromatic N) is 2. The molecule has 24 heavy (non-hydrogen) atoms. The van der Waals surface area contributed by atoms with Crippen LogP contribution in [0.1, 0.15) is 30.3 Å². The highest BCUT2D eigenvalue weighted by molar-refractivity contribution is 5.93. The first kappa shape index (κ1) is 16.5. The minimum Gasteiger partial charge on any atom is -0.496 e. The first-order valence-corrected chi connectivity index (χ1v) is 8.44. The molecule has 1 atom stereocenters. The number of likely N-dealkylation sites (N-methyl/N-ethyl adjacent to an activating group) is 1. The molecule has 1 aromatic carbocycles. The number of aromatic amines is 1. The van der Waals surface area contributed by atoms with Crippen molar-refractivity contribution in [2.24, 2.45) is 0 Å². The minimum absolute atomic E-state index is 0.119. The number of carbonyl (C=O) groups is 1. The van der Waals surface area contributed by atoms with Crippen molar-refractivity contribution in [2.45, 2.75) is 25.8 Å². The molecule has 6 nitrogen and oxygen atoms in total. The van der Waals surface area contributed by atoms with Crippen LogP contribution in [0, 0.1) is 0 Å². The van der Waals surface area contributed by atoms with Crippen LogP contribution in [-0.2, 0) is 0 Å². The standard InChI is InChI=1S/C18H24N4O2/c1-3-22-10-6-7-13(22)12-19-18(23)16-11-15(20-21-16)14-8-4-5-9-17(14)24-2/h4-5,8-9,11,13H,3,6-7,10,12H2,1-2H3,(H,19,23)(H,20,21). The van der Waals surface area contributed by atoms with E-state index in [1.54, 1.807) is 13.2 Å². The molecule has 6 heteroatoms. The Morgan fingerprint density at radius 2 is 2.29 bits per heavy atom. The predicted molar refractivity (Wildman–Crippen MR) is 93.2 cm³/mol. The van der Waals surface area contributed by atoms with E-state index in [0.717, 1.165) is 30.8 Å². The number of hydrogen-bond donors (Lipinski definition) is 2. The average molecular weight is 328 g/mol. The van der Waals surface area contributed by atoms with E-state index in [9.17, 15) is 4.79 Å². The van der Waals surface area contributed by atoms with Gasteiger partial charge >= 0.3 is 0 Å². The molecular formula is C18H24N4O2. The Hall–Kier alpha value is -2.34. The third kappa shape index (κ3) is 3.43. The van der Waals surface area contributed by atoms with Gasteiger partial charge in [0.25, 0.3) is 5.91 Å². The zero-order valence-electron chi connectivity index (χ0n) is 14.2. The van der Waals surface area contributed by atoms with Gasteiger partial charge in [-0.2, -0.15) is 5.10 Å². The van der Waals surface area contributed by atoms with Gasteiger partial charge in [0.05, 0.1) is 12.8 Å². The van der Waals surface area contributed by atoms with E-state index in [1.807, 2.05) is 24.3 Å². The van der Waals surface area contributed by atoms with E-state index in [2.05, 4.69) is 27.3 Å². The second-order valence-electron chi connectivity index (χ2n) is 6.00. The quantitative estimate of drug-likeness (QED) is 0.854. The van der Waals surface area contributed by atoms with Crippen molar-refractivity contribution < 1.29 is 9.53 Å². The lowest BCUT2D eigenvalue weighted by Gasteiger charge is -2.22. The van der Waals surface area contributed by atoms with Crippen LogP contribution in [0.15, 0.2) is 30.3 Å². The summed E-state index contributed by atoms with van der Waals surface area (Å²) in [6.07, 6.45) is 2.35. The van der Waals surface area contributed by atoms with E-state index in [0.29, 0.717) is 24.0 Å². The number of ether oxygens (including phenoxy) is 1. The van der Waals surface area contributed by atoms with E-state index in [4.69, 9.17) is 4.74 Å². The molecule has 0 aliphatic carbocycles. The van der Waals surface area contributed by atoms with Gasteiger partial charge in [-0.25, -0.2) is 0 Å². The average Bonchev–Trinajstić information content (AvgIpc) is 3.28. The van der Waals surface area contributed by atoms with Gasteiger partial charge in [0.2, 0.25) is 0 Å². The van der Waals surface area contributed by atoms with Gasteiger partial charge in [-0.3, -0.25) is 14.8 Å². The van der Waals surface area contributed by atoms with Crippen molar-refractivity contribution in [1.29, 1.82) is 0 Å². The van der Waals surface area contributed by atoms with E-state index < -0.39 is 0 Å². The molecule has 2 aromatic rings. The number of methoxy groups -OCH3 is 1. The smallest absolute Gasteiger partial charge is 0.269 e. The Morgan fingerprint density at radius 3 is 3.08 bits per heavy atom. The van der Waals surface area contributed by atoms with Gasteiger partial charge < -0.3 is 10.1 Å². The fourth-order valence-corrected chi connectivity index (χ4v) is 3.28. The summed E-state index contributed by atoms with van der Waals surface area (Å²) in [5, 5.41) is 10.1. The molecule has 0 spiro atoms. The number of nitrogens with one attached hydrogen (secondary N) is 2. The number of hydrogen-bond acceptors (Lipinski definition) is 4. The number of benzene rings is 1. The summed E-state index contributed by atoms with van der Waals surface area (Å²) < 4.78 is 5.35. The largest absolute Gasteiger partial charge is 0.496 e. The Morgan fingerprint density at radius 1 is 1.46 bits per heavy atom. The van der Waals surface area contributed by atoms with Crippen LogP contribution in [0.3, 0.4) is 0 Å². The number of aromatic nitrogens is 2. The summed E-state index contributed by atoms with van der Waals surface area (Å²) in [6.45, 7) is 4.99. The topological polar surface area (TPSA) is 70.2 Å². The van der Waals surface area contributed by atoms with Gasteiger partial charge in [-0.15, -0.1) is 0 Å². The number of rotatable bonds is 6. The number of H-pyrrole nitrogens is 1. The molecule has 1 aromatic heterocycles. The maximum atomic E-state index is 12.4. The minimum atomic E-state index is -0.119. The van der Waals surface area contributed by atoms with Gasteiger partial charge in [-0.1, -0.05) is 19.1 Å². The summed E-state index contributed by atoms with van der Waals surface area (Å²) in [5.41, 5.74) is 2.04. The molecule has 1 amide bonds. The Balaban J connectivity index is 1.65. The molecule has 2 N–H and O–H groups in total. The summed E-state index contributed by atoms with van der Waals surface area (Å²) in [5.74, 6) is 0.618. The molecule has 1 aliphatic rings. The summed E-state index contributed by atoms with van der Waals surface area (Å²) >= 11 is 0. The lowest BCUT2D eigenvalue weighted by atomic mass is 10.1. The van der Waals surface area contributed by atoms with Crippen LogP contribution in [-0.4, -0.2) is 53.8 Å². The molecule has 1 aliphatic heterocycles. The van der Waals surface area contributed by atoms with Gasteiger partial charge in [-0.05, 0) is 44.1 Å². The Labute approximate surface area is 142 Å². The highest BCUT2D eigenvalue weighted by Gasteiger charge is 2.23. The third-order valence-corrected chi connectivity index (χ3v) is 4.61. The van der Waals surface area contributed by atoms with E-state index >= 15 is 0 Å². The van der Waals surface area contributed by atoms with Crippen LogP contribution in [0.5, 0.6) is 5.75 Å². The molecule has 2 heterocycles. The zero-order valence-corrected chi connectivity index (χ0v) is 14.2. The van der Waals surface area contributed by atoms with Crippen molar-refractivity contribution in [2.75, 3.05) is 26.7 Å². The molecule has 0 bridgehead atoms. The fourth-order valence-electron chi connectivity index (χ4n) is 3.28. The van der Waals surface area contributed by atoms with Crippen LogP contribution < -0.4 is 10.1 Å². The molecule has 3 rings (SSSR count). The molecule has 128 valence electrons.